The van der Waals surface area contributed by atoms with Crippen LogP contribution in [0.3, 0.4) is 0 Å². The first-order valence-corrected chi connectivity index (χ1v) is 9.61. The number of halogens is 1. The number of benzene rings is 2. The van der Waals surface area contributed by atoms with Crippen LogP contribution in [-0.2, 0) is 12.8 Å². The minimum Gasteiger partial charge on any atom is -0.384 e. The Bertz CT molecular complexity index is 640. The third-order valence-electron chi connectivity index (χ3n) is 4.72. The first-order chi connectivity index (χ1) is 11.3. The minimum absolute atomic E-state index is 0.677. The molecule has 1 aliphatic rings. The molecule has 2 nitrogen and oxygen atoms in total. The van der Waals surface area contributed by atoms with Crippen LogP contribution in [0, 0.1) is 3.57 Å². The van der Waals surface area contributed by atoms with Crippen LogP contribution in [0.25, 0.3) is 0 Å². The molecule has 0 spiro atoms. The zero-order chi connectivity index (χ0) is 16.1. The smallest absolute Gasteiger partial charge is 0.0478 e. The van der Waals surface area contributed by atoms with Gasteiger partial charge in [0.15, 0.2) is 0 Å². The number of likely N-dealkylation sites (N-methyl/N-ethyl adjacent to an activating group) is 1. The van der Waals surface area contributed by atoms with E-state index in [1.807, 2.05) is 0 Å². The Kier molecular flexibility index (Phi) is 5.95. The molecule has 1 aliphatic carbocycles. The lowest BCUT2D eigenvalue weighted by Crippen LogP contribution is -2.22. The Balaban J connectivity index is 1.69. The fraction of sp³-hybridized carbons (Fsp3) is 0.400. The zero-order valence-corrected chi connectivity index (χ0v) is 15.9. The van der Waals surface area contributed by atoms with E-state index in [0.717, 1.165) is 19.5 Å². The summed E-state index contributed by atoms with van der Waals surface area (Å²) in [7, 11) is 2.05. The van der Waals surface area contributed by atoms with E-state index < -0.39 is 0 Å². The predicted octanol–water partition coefficient (Wildman–Crippen LogP) is 4.59. The topological polar surface area (TPSA) is 24.1 Å². The second-order valence-electron chi connectivity index (χ2n) is 6.30. The van der Waals surface area contributed by atoms with Crippen LogP contribution in [0.2, 0.25) is 0 Å². The summed E-state index contributed by atoms with van der Waals surface area (Å²) in [5.41, 5.74) is 5.82. The molecule has 2 N–H and O–H groups in total. The van der Waals surface area contributed by atoms with Gasteiger partial charge in [-0.1, -0.05) is 36.4 Å². The van der Waals surface area contributed by atoms with Gasteiger partial charge < -0.3 is 10.6 Å². The Labute approximate surface area is 153 Å². The van der Waals surface area contributed by atoms with Gasteiger partial charge in [-0.2, -0.15) is 0 Å². The van der Waals surface area contributed by atoms with Crippen molar-refractivity contribution in [3.8, 4) is 0 Å². The molecule has 2 aromatic carbocycles. The number of anilines is 1. The Hall–Kier alpha value is -1.07. The van der Waals surface area contributed by atoms with Gasteiger partial charge in [0, 0.05) is 22.3 Å². The van der Waals surface area contributed by atoms with Crippen molar-refractivity contribution < 1.29 is 0 Å². The third kappa shape index (κ3) is 4.07. The lowest BCUT2D eigenvalue weighted by atomic mass is 9.82. The van der Waals surface area contributed by atoms with E-state index in [4.69, 9.17) is 0 Å². The Morgan fingerprint density at radius 1 is 1.13 bits per heavy atom. The highest BCUT2D eigenvalue weighted by molar-refractivity contribution is 14.1. The largest absolute Gasteiger partial charge is 0.384 e. The third-order valence-corrected chi connectivity index (χ3v) is 5.95. The van der Waals surface area contributed by atoms with E-state index in [1.165, 1.54) is 34.1 Å². The maximum Gasteiger partial charge on any atom is 0.0478 e. The van der Waals surface area contributed by atoms with Crippen LogP contribution in [-0.4, -0.2) is 20.1 Å². The lowest BCUT2D eigenvalue weighted by Gasteiger charge is -2.27. The van der Waals surface area contributed by atoms with Gasteiger partial charge in [0.1, 0.15) is 0 Å². The molecule has 0 saturated carbocycles. The van der Waals surface area contributed by atoms with E-state index in [0.29, 0.717) is 5.92 Å². The molecule has 0 bridgehead atoms. The highest BCUT2D eigenvalue weighted by atomic mass is 127. The first kappa shape index (κ1) is 16.8. The molecular formula is C20H25IN2. The van der Waals surface area contributed by atoms with E-state index in [1.54, 1.807) is 11.1 Å². The summed E-state index contributed by atoms with van der Waals surface area (Å²) in [6.07, 6.45) is 4.91. The summed E-state index contributed by atoms with van der Waals surface area (Å²) in [5.74, 6) is 0.677. The average Bonchev–Trinajstić information content (AvgIpc) is 2.59. The fourth-order valence-corrected chi connectivity index (χ4v) is 4.49. The number of fused-ring (bicyclic) bond motifs is 1. The molecule has 0 fully saturated rings. The molecule has 122 valence electrons. The summed E-state index contributed by atoms with van der Waals surface area (Å²) in [6, 6.07) is 15.3. The lowest BCUT2D eigenvalue weighted by molar-refractivity contribution is 0.528. The Morgan fingerprint density at radius 3 is 2.74 bits per heavy atom. The monoisotopic (exact) mass is 420 g/mol. The van der Waals surface area contributed by atoms with E-state index in [-0.39, 0.29) is 0 Å². The quantitative estimate of drug-likeness (QED) is 0.669. The molecule has 3 rings (SSSR count). The number of nitrogens with one attached hydrogen (secondary N) is 2. The maximum absolute atomic E-state index is 3.64. The van der Waals surface area contributed by atoms with Crippen LogP contribution in [0.4, 0.5) is 5.69 Å². The van der Waals surface area contributed by atoms with Gasteiger partial charge in [-0.25, -0.2) is 0 Å². The zero-order valence-electron chi connectivity index (χ0n) is 13.7. The molecule has 2 aromatic rings. The highest BCUT2D eigenvalue weighted by Crippen LogP contribution is 2.36. The summed E-state index contributed by atoms with van der Waals surface area (Å²) in [6.45, 7) is 2.07. The molecule has 0 amide bonds. The molecule has 23 heavy (non-hydrogen) atoms. The second kappa shape index (κ2) is 8.15. The average molecular weight is 420 g/mol. The van der Waals surface area contributed by atoms with Gasteiger partial charge in [-0.05, 0) is 84.0 Å². The number of hydrogen-bond donors (Lipinski definition) is 2. The molecule has 0 heterocycles. The van der Waals surface area contributed by atoms with E-state index in [9.17, 15) is 0 Å². The van der Waals surface area contributed by atoms with E-state index >= 15 is 0 Å². The standard InChI is InChI=1S/C20H25IN2/c1-22-14-16-8-5-9-18-17(16)10-11-19(20(18)21)23-13-12-15-6-3-2-4-7-15/h2-4,6-7,10-11,16,22-23H,5,8-9,12-14H2,1H3. The van der Waals surface area contributed by atoms with Gasteiger partial charge in [0.25, 0.3) is 0 Å². The van der Waals surface area contributed by atoms with Crippen molar-refractivity contribution >= 4 is 28.3 Å². The maximum atomic E-state index is 3.64. The predicted molar refractivity (Wildman–Crippen MR) is 107 cm³/mol. The molecule has 0 aromatic heterocycles. The SMILES string of the molecule is CNCC1CCCc2c1ccc(NCCc1ccccc1)c2I. The van der Waals surface area contributed by atoms with Crippen molar-refractivity contribution in [2.24, 2.45) is 0 Å². The number of rotatable bonds is 6. The van der Waals surface area contributed by atoms with Crippen molar-refractivity contribution in [1.29, 1.82) is 0 Å². The van der Waals surface area contributed by atoms with Crippen molar-refractivity contribution in [2.45, 2.75) is 31.6 Å². The van der Waals surface area contributed by atoms with Crippen LogP contribution in [0.1, 0.15) is 35.4 Å². The van der Waals surface area contributed by atoms with Gasteiger partial charge in [0.05, 0.1) is 0 Å². The molecule has 1 unspecified atom stereocenters. The van der Waals surface area contributed by atoms with E-state index in [2.05, 4.69) is 82.7 Å². The summed E-state index contributed by atoms with van der Waals surface area (Å²) < 4.78 is 1.42. The van der Waals surface area contributed by atoms with Crippen LogP contribution in [0.15, 0.2) is 42.5 Å². The van der Waals surface area contributed by atoms with Crippen LogP contribution in [0.5, 0.6) is 0 Å². The molecule has 0 aliphatic heterocycles. The second-order valence-corrected chi connectivity index (χ2v) is 7.38. The van der Waals surface area contributed by atoms with Crippen LogP contribution < -0.4 is 10.6 Å². The molecule has 3 heteroatoms. The van der Waals surface area contributed by atoms with Crippen LogP contribution >= 0.6 is 22.6 Å². The fourth-order valence-electron chi connectivity index (χ4n) is 3.53. The molecular weight excluding hydrogens is 395 g/mol. The first-order valence-electron chi connectivity index (χ1n) is 8.53. The van der Waals surface area contributed by atoms with Gasteiger partial charge in [-0.15, -0.1) is 0 Å². The normalized spacial score (nSPS) is 16.9. The van der Waals surface area contributed by atoms with Gasteiger partial charge >= 0.3 is 0 Å². The number of hydrogen-bond acceptors (Lipinski definition) is 2. The molecule has 1 atom stereocenters. The summed E-state index contributed by atoms with van der Waals surface area (Å²) in [5, 5.41) is 6.98. The van der Waals surface area contributed by atoms with Gasteiger partial charge in [-0.3, -0.25) is 0 Å². The highest BCUT2D eigenvalue weighted by Gasteiger charge is 2.22. The van der Waals surface area contributed by atoms with Crippen molar-refractivity contribution in [3.05, 3.63) is 62.7 Å². The van der Waals surface area contributed by atoms with Crippen molar-refractivity contribution in [3.63, 3.8) is 0 Å². The minimum atomic E-state index is 0.677. The van der Waals surface area contributed by atoms with Gasteiger partial charge in [0.2, 0.25) is 0 Å². The van der Waals surface area contributed by atoms with Crippen molar-refractivity contribution in [2.75, 3.05) is 25.5 Å². The summed E-state index contributed by atoms with van der Waals surface area (Å²) >= 11 is 2.53. The van der Waals surface area contributed by atoms with Crippen molar-refractivity contribution in [1.82, 2.24) is 5.32 Å². The summed E-state index contributed by atoms with van der Waals surface area (Å²) in [4.78, 5) is 0. The molecule has 0 saturated heterocycles. The Morgan fingerprint density at radius 2 is 1.96 bits per heavy atom. The molecule has 0 radical (unpaired) electrons.